The zero-order valence-electron chi connectivity index (χ0n) is 7.18. The van der Waals surface area contributed by atoms with Crippen molar-refractivity contribution < 1.29 is 9.90 Å². The molecule has 0 aromatic carbocycles. The molecule has 3 fully saturated rings. The maximum absolute atomic E-state index is 10.6. The summed E-state index contributed by atoms with van der Waals surface area (Å²) in [5.74, 6) is -0.571. The van der Waals surface area contributed by atoms with Crippen molar-refractivity contribution in [1.29, 1.82) is 0 Å². The molecule has 0 amide bonds. The highest BCUT2D eigenvalue weighted by atomic mass is 16.4. The second-order valence-corrected chi connectivity index (χ2v) is 5.30. The molecule has 0 aromatic heterocycles. The van der Waals surface area contributed by atoms with Gasteiger partial charge in [-0.2, -0.15) is 0 Å². The standard InChI is InChI=1S/C10H14O2/c11-8(12)7-3-10(4-7)5-9(6-10)1-2-9/h7H,1-6H2,(H,11,12). The van der Waals surface area contributed by atoms with Crippen LogP contribution in [0.25, 0.3) is 0 Å². The molecule has 3 aliphatic rings. The van der Waals surface area contributed by atoms with Gasteiger partial charge in [-0.05, 0) is 49.4 Å². The number of aliphatic carboxylic acids is 1. The van der Waals surface area contributed by atoms with Gasteiger partial charge in [0.1, 0.15) is 0 Å². The maximum Gasteiger partial charge on any atom is 0.306 e. The van der Waals surface area contributed by atoms with Gasteiger partial charge in [-0.3, -0.25) is 4.79 Å². The molecule has 2 heteroatoms. The van der Waals surface area contributed by atoms with Gasteiger partial charge in [-0.15, -0.1) is 0 Å². The lowest BCUT2D eigenvalue weighted by molar-refractivity contribution is -0.159. The highest BCUT2D eigenvalue weighted by Gasteiger charge is 2.65. The molecule has 0 bridgehead atoms. The number of carboxylic acid groups (broad SMARTS) is 1. The normalized spacial score (nSPS) is 34.3. The zero-order chi connectivity index (χ0) is 8.40. The van der Waals surface area contributed by atoms with Crippen molar-refractivity contribution in [3.63, 3.8) is 0 Å². The fraction of sp³-hybridized carbons (Fsp3) is 0.900. The van der Waals surface area contributed by atoms with Crippen molar-refractivity contribution in [3.05, 3.63) is 0 Å². The van der Waals surface area contributed by atoms with Crippen molar-refractivity contribution in [2.45, 2.75) is 38.5 Å². The number of carboxylic acids is 1. The van der Waals surface area contributed by atoms with Crippen LogP contribution < -0.4 is 0 Å². The fourth-order valence-corrected chi connectivity index (χ4v) is 3.52. The summed E-state index contributed by atoms with van der Waals surface area (Å²) in [6, 6.07) is 0. The monoisotopic (exact) mass is 166 g/mol. The van der Waals surface area contributed by atoms with Crippen molar-refractivity contribution >= 4 is 5.97 Å². The van der Waals surface area contributed by atoms with E-state index in [9.17, 15) is 4.79 Å². The number of rotatable bonds is 1. The topological polar surface area (TPSA) is 37.3 Å². The van der Waals surface area contributed by atoms with Crippen LogP contribution >= 0.6 is 0 Å². The summed E-state index contributed by atoms with van der Waals surface area (Å²) in [6.45, 7) is 0. The number of hydrogen-bond acceptors (Lipinski definition) is 1. The van der Waals surface area contributed by atoms with Crippen LogP contribution in [0.3, 0.4) is 0 Å². The van der Waals surface area contributed by atoms with Gasteiger partial charge in [0.25, 0.3) is 0 Å². The first-order valence-corrected chi connectivity index (χ1v) is 4.86. The van der Waals surface area contributed by atoms with Gasteiger partial charge >= 0.3 is 5.97 Å². The minimum Gasteiger partial charge on any atom is -0.481 e. The zero-order valence-corrected chi connectivity index (χ0v) is 7.18. The van der Waals surface area contributed by atoms with Crippen molar-refractivity contribution in [3.8, 4) is 0 Å². The molecule has 3 rings (SSSR count). The van der Waals surface area contributed by atoms with Crippen molar-refractivity contribution in [1.82, 2.24) is 0 Å². The lowest BCUT2D eigenvalue weighted by Gasteiger charge is -2.57. The van der Waals surface area contributed by atoms with Crippen molar-refractivity contribution in [2.75, 3.05) is 0 Å². The van der Waals surface area contributed by atoms with Crippen LogP contribution in [0.2, 0.25) is 0 Å². The predicted octanol–water partition coefficient (Wildman–Crippen LogP) is 2.04. The summed E-state index contributed by atoms with van der Waals surface area (Å²) >= 11 is 0. The fourth-order valence-electron chi connectivity index (χ4n) is 3.52. The van der Waals surface area contributed by atoms with Gasteiger partial charge in [0.05, 0.1) is 5.92 Å². The van der Waals surface area contributed by atoms with Gasteiger partial charge in [-0.25, -0.2) is 0 Å². The molecule has 2 spiro atoms. The van der Waals surface area contributed by atoms with E-state index in [0.717, 1.165) is 18.3 Å². The van der Waals surface area contributed by atoms with Gasteiger partial charge < -0.3 is 5.11 Å². The average molecular weight is 166 g/mol. The first kappa shape index (κ1) is 6.93. The van der Waals surface area contributed by atoms with Crippen LogP contribution in [0.4, 0.5) is 0 Å². The smallest absolute Gasteiger partial charge is 0.306 e. The minimum atomic E-state index is -0.572. The minimum absolute atomic E-state index is 0.00102. The summed E-state index contributed by atoms with van der Waals surface area (Å²) in [6.07, 6.45) is 7.50. The lowest BCUT2D eigenvalue weighted by Crippen LogP contribution is -2.50. The Kier molecular flexibility index (Phi) is 0.984. The molecule has 0 unspecified atom stereocenters. The van der Waals surface area contributed by atoms with E-state index in [4.69, 9.17) is 5.11 Å². The van der Waals surface area contributed by atoms with Crippen LogP contribution in [0, 0.1) is 16.7 Å². The molecule has 0 heterocycles. The Balaban J connectivity index is 1.60. The van der Waals surface area contributed by atoms with E-state index in [1.807, 2.05) is 0 Å². The Labute approximate surface area is 72.0 Å². The largest absolute Gasteiger partial charge is 0.481 e. The molecule has 12 heavy (non-hydrogen) atoms. The van der Waals surface area contributed by atoms with E-state index in [1.54, 1.807) is 0 Å². The molecule has 0 aliphatic heterocycles. The Bertz CT molecular complexity index is 237. The average Bonchev–Trinajstić information content (AvgIpc) is 2.55. The van der Waals surface area contributed by atoms with Crippen molar-refractivity contribution in [2.24, 2.45) is 16.7 Å². The van der Waals surface area contributed by atoms with E-state index in [1.165, 1.54) is 25.7 Å². The van der Waals surface area contributed by atoms with Crippen LogP contribution in [-0.2, 0) is 4.79 Å². The number of hydrogen-bond donors (Lipinski definition) is 1. The second kappa shape index (κ2) is 1.70. The molecular weight excluding hydrogens is 152 g/mol. The molecule has 3 saturated carbocycles. The quantitative estimate of drug-likeness (QED) is 0.647. The predicted molar refractivity (Wildman–Crippen MR) is 43.7 cm³/mol. The van der Waals surface area contributed by atoms with Crippen LogP contribution in [-0.4, -0.2) is 11.1 Å². The van der Waals surface area contributed by atoms with E-state index < -0.39 is 5.97 Å². The Morgan fingerprint density at radius 1 is 1.17 bits per heavy atom. The molecule has 1 N–H and O–H groups in total. The summed E-state index contributed by atoms with van der Waals surface area (Å²) in [5, 5.41) is 8.73. The Hall–Kier alpha value is -0.530. The molecule has 3 aliphatic carbocycles. The molecule has 0 saturated heterocycles. The summed E-state index contributed by atoms with van der Waals surface area (Å²) in [7, 11) is 0. The highest BCUT2D eigenvalue weighted by Crippen LogP contribution is 2.75. The van der Waals surface area contributed by atoms with E-state index >= 15 is 0 Å². The van der Waals surface area contributed by atoms with Crippen LogP contribution in [0.1, 0.15) is 38.5 Å². The summed E-state index contributed by atoms with van der Waals surface area (Å²) in [4.78, 5) is 10.6. The summed E-state index contributed by atoms with van der Waals surface area (Å²) < 4.78 is 0. The van der Waals surface area contributed by atoms with E-state index in [0.29, 0.717) is 5.41 Å². The van der Waals surface area contributed by atoms with Crippen LogP contribution in [0.5, 0.6) is 0 Å². The maximum atomic E-state index is 10.6. The molecular formula is C10H14O2. The lowest BCUT2D eigenvalue weighted by atomic mass is 9.47. The molecule has 66 valence electrons. The SMILES string of the molecule is O=C(O)C1CC2(C1)CC1(CC1)C2. The van der Waals surface area contributed by atoms with E-state index in [2.05, 4.69) is 0 Å². The first-order valence-electron chi connectivity index (χ1n) is 4.86. The molecule has 0 atom stereocenters. The Morgan fingerprint density at radius 3 is 2.17 bits per heavy atom. The summed E-state index contributed by atoms with van der Waals surface area (Å²) in [5.41, 5.74) is 1.25. The van der Waals surface area contributed by atoms with E-state index in [-0.39, 0.29) is 5.92 Å². The second-order valence-electron chi connectivity index (χ2n) is 5.30. The van der Waals surface area contributed by atoms with Crippen LogP contribution in [0.15, 0.2) is 0 Å². The van der Waals surface area contributed by atoms with Gasteiger partial charge in [-0.1, -0.05) is 0 Å². The van der Waals surface area contributed by atoms with Gasteiger partial charge in [0.15, 0.2) is 0 Å². The molecule has 2 nitrogen and oxygen atoms in total. The first-order chi connectivity index (χ1) is 5.63. The van der Waals surface area contributed by atoms with Gasteiger partial charge in [0.2, 0.25) is 0 Å². The molecule has 0 radical (unpaired) electrons. The molecule has 0 aromatic rings. The Morgan fingerprint density at radius 2 is 1.75 bits per heavy atom. The highest BCUT2D eigenvalue weighted by molar-refractivity contribution is 5.71. The third-order valence-electron chi connectivity index (χ3n) is 4.17. The third-order valence-corrected chi connectivity index (χ3v) is 4.17. The third kappa shape index (κ3) is 0.732. The number of carbonyl (C=O) groups is 1. The van der Waals surface area contributed by atoms with Gasteiger partial charge in [0, 0.05) is 0 Å².